The van der Waals surface area contributed by atoms with E-state index in [0.29, 0.717) is 6.04 Å². The lowest BCUT2D eigenvalue weighted by atomic mass is 10.1. The largest absolute Gasteiger partial charge is 0.500 e. The summed E-state index contributed by atoms with van der Waals surface area (Å²) in [5, 5.41) is 0. The van der Waals surface area contributed by atoms with E-state index in [0.717, 1.165) is 17.6 Å². The first-order valence-electron chi connectivity index (χ1n) is 4.17. The van der Waals surface area contributed by atoms with Crippen molar-refractivity contribution < 1.29 is 4.74 Å². The number of likely N-dealkylation sites (N-methyl/N-ethyl adjacent to an activating group) is 1. The molecule has 1 aliphatic heterocycles. The van der Waals surface area contributed by atoms with Crippen molar-refractivity contribution in [2.75, 3.05) is 20.7 Å². The van der Waals surface area contributed by atoms with Gasteiger partial charge >= 0.3 is 0 Å². The van der Waals surface area contributed by atoms with Crippen LogP contribution in [0.15, 0.2) is 12.3 Å². The third-order valence-electron chi connectivity index (χ3n) is 2.97. The molecule has 0 aromatic rings. The average Bonchev–Trinajstić information content (AvgIpc) is 2.63. The number of likely N-dealkylation sites (tertiary alicyclic amines) is 1. The molecule has 1 aliphatic carbocycles. The van der Waals surface area contributed by atoms with Crippen molar-refractivity contribution in [3.05, 3.63) is 12.3 Å². The van der Waals surface area contributed by atoms with Gasteiger partial charge in [-0.2, -0.15) is 0 Å². The van der Waals surface area contributed by atoms with Gasteiger partial charge in [0.05, 0.1) is 13.2 Å². The van der Waals surface area contributed by atoms with Crippen LogP contribution in [0.1, 0.15) is 6.42 Å². The van der Waals surface area contributed by atoms with Crippen LogP contribution in [0.5, 0.6) is 0 Å². The van der Waals surface area contributed by atoms with Crippen LogP contribution >= 0.6 is 0 Å². The molecule has 0 aromatic heterocycles. The molecule has 3 atom stereocenters. The fraction of sp³-hybridized carbons (Fsp3) is 0.778. The lowest BCUT2D eigenvalue weighted by Crippen LogP contribution is -2.31. The van der Waals surface area contributed by atoms with Crippen LogP contribution in [0.25, 0.3) is 0 Å². The summed E-state index contributed by atoms with van der Waals surface area (Å²) < 4.78 is 5.17. The van der Waals surface area contributed by atoms with Crippen LogP contribution in [0.3, 0.4) is 0 Å². The highest BCUT2D eigenvalue weighted by atomic mass is 16.5. The summed E-state index contributed by atoms with van der Waals surface area (Å²) in [7, 11) is 3.87. The van der Waals surface area contributed by atoms with Gasteiger partial charge in [-0.1, -0.05) is 6.58 Å². The van der Waals surface area contributed by atoms with Crippen molar-refractivity contribution in [2.24, 2.45) is 11.8 Å². The van der Waals surface area contributed by atoms with Crippen molar-refractivity contribution in [1.82, 2.24) is 4.90 Å². The molecule has 62 valence electrons. The lowest BCUT2D eigenvalue weighted by Gasteiger charge is -2.23. The van der Waals surface area contributed by atoms with Gasteiger partial charge in [-0.3, -0.25) is 4.90 Å². The van der Waals surface area contributed by atoms with Gasteiger partial charge in [0.2, 0.25) is 0 Å². The highest BCUT2D eigenvalue weighted by molar-refractivity contribution is 5.14. The predicted molar refractivity (Wildman–Crippen MR) is 44.2 cm³/mol. The molecule has 0 aromatic carbocycles. The maximum Gasteiger partial charge on any atom is 0.106 e. The van der Waals surface area contributed by atoms with E-state index in [-0.39, 0.29) is 0 Å². The Bertz CT molecular complexity index is 188. The summed E-state index contributed by atoms with van der Waals surface area (Å²) in [6, 6.07) is 0.505. The molecule has 0 N–H and O–H groups in total. The molecular formula is C9H15NO. The van der Waals surface area contributed by atoms with Crippen LogP contribution in [-0.2, 0) is 4.74 Å². The molecule has 2 heteroatoms. The minimum absolute atomic E-state index is 0.505. The van der Waals surface area contributed by atoms with Gasteiger partial charge in [0.1, 0.15) is 5.76 Å². The minimum Gasteiger partial charge on any atom is -0.500 e. The topological polar surface area (TPSA) is 12.5 Å². The molecular weight excluding hydrogens is 138 g/mol. The summed E-state index contributed by atoms with van der Waals surface area (Å²) in [5.74, 6) is 2.74. The molecule has 1 saturated heterocycles. The molecule has 2 aliphatic rings. The monoisotopic (exact) mass is 153 g/mol. The van der Waals surface area contributed by atoms with Crippen molar-refractivity contribution >= 4 is 0 Å². The maximum absolute atomic E-state index is 5.17. The zero-order chi connectivity index (χ0) is 8.01. The molecule has 0 bridgehead atoms. The number of hydrogen-bond acceptors (Lipinski definition) is 2. The van der Waals surface area contributed by atoms with Gasteiger partial charge in [-0.25, -0.2) is 0 Å². The Morgan fingerprint density at radius 1 is 1.64 bits per heavy atom. The number of ether oxygens (including phenoxy) is 1. The minimum atomic E-state index is 0.505. The normalized spacial score (nSPS) is 41.8. The van der Waals surface area contributed by atoms with E-state index in [2.05, 4.69) is 18.5 Å². The number of rotatable bonds is 2. The Balaban J connectivity index is 2.06. The zero-order valence-corrected chi connectivity index (χ0v) is 7.21. The second kappa shape index (κ2) is 2.24. The molecule has 2 rings (SSSR count). The SMILES string of the molecule is C=C(OC)[C@@H]1[C@@H]2C[C@@H]2CN1C. The van der Waals surface area contributed by atoms with E-state index in [4.69, 9.17) is 4.74 Å². The number of piperidine rings is 1. The number of nitrogens with zero attached hydrogens (tertiary/aromatic N) is 1. The third-order valence-corrected chi connectivity index (χ3v) is 2.97. The van der Waals surface area contributed by atoms with Crippen LogP contribution in [-0.4, -0.2) is 31.6 Å². The average molecular weight is 153 g/mol. The number of hydrogen-bond donors (Lipinski definition) is 0. The molecule has 1 saturated carbocycles. The number of methoxy groups -OCH3 is 1. The third kappa shape index (κ3) is 0.968. The Morgan fingerprint density at radius 2 is 2.36 bits per heavy atom. The second-order valence-electron chi connectivity index (χ2n) is 3.71. The molecule has 0 spiro atoms. The molecule has 2 fully saturated rings. The van der Waals surface area contributed by atoms with Crippen molar-refractivity contribution in [2.45, 2.75) is 12.5 Å². The molecule has 11 heavy (non-hydrogen) atoms. The van der Waals surface area contributed by atoms with E-state index in [9.17, 15) is 0 Å². The highest BCUT2D eigenvalue weighted by Crippen LogP contribution is 2.50. The van der Waals surface area contributed by atoms with E-state index in [1.165, 1.54) is 13.0 Å². The van der Waals surface area contributed by atoms with E-state index in [1.807, 2.05) is 0 Å². The quantitative estimate of drug-likeness (QED) is 0.551. The van der Waals surface area contributed by atoms with E-state index < -0.39 is 0 Å². The van der Waals surface area contributed by atoms with E-state index in [1.54, 1.807) is 7.11 Å². The Morgan fingerprint density at radius 3 is 2.82 bits per heavy atom. The van der Waals surface area contributed by atoms with Crippen LogP contribution in [0.2, 0.25) is 0 Å². The van der Waals surface area contributed by atoms with Gasteiger partial charge in [-0.05, 0) is 25.3 Å². The summed E-state index contributed by atoms with van der Waals surface area (Å²) in [6.07, 6.45) is 1.39. The first-order chi connectivity index (χ1) is 5.24. The van der Waals surface area contributed by atoms with Crippen LogP contribution in [0.4, 0.5) is 0 Å². The van der Waals surface area contributed by atoms with Gasteiger partial charge in [0.15, 0.2) is 0 Å². The van der Waals surface area contributed by atoms with Gasteiger partial charge in [0.25, 0.3) is 0 Å². The van der Waals surface area contributed by atoms with Crippen LogP contribution in [0, 0.1) is 11.8 Å². The second-order valence-corrected chi connectivity index (χ2v) is 3.71. The molecule has 0 radical (unpaired) electrons. The molecule has 2 nitrogen and oxygen atoms in total. The first-order valence-corrected chi connectivity index (χ1v) is 4.17. The Kier molecular flexibility index (Phi) is 1.46. The van der Waals surface area contributed by atoms with Crippen molar-refractivity contribution in [3.8, 4) is 0 Å². The zero-order valence-electron chi connectivity index (χ0n) is 7.21. The van der Waals surface area contributed by atoms with E-state index >= 15 is 0 Å². The van der Waals surface area contributed by atoms with Gasteiger partial charge < -0.3 is 4.74 Å². The first kappa shape index (κ1) is 7.17. The highest BCUT2D eigenvalue weighted by Gasteiger charge is 2.52. The maximum atomic E-state index is 5.17. The standard InChI is InChI=1S/C9H15NO/c1-6(11-3)9-8-4-7(8)5-10(9)2/h7-9H,1,4-5H2,2-3H3/t7-,8-,9-/m1/s1. The fourth-order valence-corrected chi connectivity index (χ4v) is 2.28. The van der Waals surface area contributed by atoms with Gasteiger partial charge in [-0.15, -0.1) is 0 Å². The van der Waals surface area contributed by atoms with Crippen LogP contribution < -0.4 is 0 Å². The van der Waals surface area contributed by atoms with Gasteiger partial charge in [0, 0.05) is 6.54 Å². The summed E-state index contributed by atoms with van der Waals surface area (Å²) in [4.78, 5) is 2.35. The summed E-state index contributed by atoms with van der Waals surface area (Å²) in [5.41, 5.74) is 0. The summed E-state index contributed by atoms with van der Waals surface area (Å²) in [6.45, 7) is 5.15. The van der Waals surface area contributed by atoms with Crippen molar-refractivity contribution in [1.29, 1.82) is 0 Å². The molecule has 0 amide bonds. The fourth-order valence-electron chi connectivity index (χ4n) is 2.28. The number of fused-ring (bicyclic) bond motifs is 1. The Hall–Kier alpha value is -0.500. The predicted octanol–water partition coefficient (Wildman–Crippen LogP) is 1.10. The lowest BCUT2D eigenvalue weighted by molar-refractivity contribution is 0.188. The molecule has 0 unspecified atom stereocenters. The Labute approximate surface area is 67.8 Å². The summed E-state index contributed by atoms with van der Waals surface area (Å²) >= 11 is 0. The van der Waals surface area contributed by atoms with Crippen molar-refractivity contribution in [3.63, 3.8) is 0 Å². The smallest absolute Gasteiger partial charge is 0.106 e. The molecule has 1 heterocycles.